The second-order valence-corrected chi connectivity index (χ2v) is 5.66. The summed E-state index contributed by atoms with van der Waals surface area (Å²) in [7, 11) is -3.96. The molecule has 0 bridgehead atoms. The highest BCUT2D eigenvalue weighted by Gasteiger charge is 2.17. The number of sulfonamides is 1. The van der Waals surface area contributed by atoms with Crippen LogP contribution < -0.4 is 16.0 Å². The van der Waals surface area contributed by atoms with Gasteiger partial charge < -0.3 is 0 Å². The van der Waals surface area contributed by atoms with Gasteiger partial charge in [0.15, 0.2) is 0 Å². The van der Waals surface area contributed by atoms with Crippen molar-refractivity contribution in [3.8, 4) is 0 Å². The van der Waals surface area contributed by atoms with Gasteiger partial charge in [0.25, 0.3) is 10.0 Å². The van der Waals surface area contributed by atoms with Gasteiger partial charge in [-0.15, -0.1) is 0 Å². The molecule has 0 aliphatic rings. The van der Waals surface area contributed by atoms with E-state index in [1.54, 1.807) is 6.92 Å². The normalized spacial score (nSPS) is 11.2. The number of benzene rings is 1. The molecule has 106 valence electrons. The molecular formula is C11H12FN5O2S. The second-order valence-electron chi connectivity index (χ2n) is 3.98. The van der Waals surface area contributed by atoms with E-state index in [0.29, 0.717) is 0 Å². The summed E-state index contributed by atoms with van der Waals surface area (Å²) in [6.07, 6.45) is 2.14. The number of hydrogen-bond donors (Lipinski definition) is 3. The van der Waals surface area contributed by atoms with Gasteiger partial charge in [-0.2, -0.15) is 0 Å². The smallest absolute Gasteiger partial charge is 0.265 e. The van der Waals surface area contributed by atoms with Crippen LogP contribution in [0, 0.1) is 12.7 Å². The molecule has 0 atom stereocenters. The third-order valence-electron chi connectivity index (χ3n) is 2.43. The molecule has 0 amide bonds. The molecule has 0 aliphatic heterocycles. The summed E-state index contributed by atoms with van der Waals surface area (Å²) in [5.41, 5.74) is 2.77. The zero-order valence-corrected chi connectivity index (χ0v) is 11.3. The Hall–Kier alpha value is -2.26. The van der Waals surface area contributed by atoms with Crippen molar-refractivity contribution in [2.75, 3.05) is 10.1 Å². The van der Waals surface area contributed by atoms with E-state index in [4.69, 9.17) is 5.84 Å². The molecule has 0 fully saturated rings. The topological polar surface area (TPSA) is 110 Å². The van der Waals surface area contributed by atoms with Crippen molar-refractivity contribution >= 4 is 21.7 Å². The number of rotatable bonds is 4. The van der Waals surface area contributed by atoms with Crippen LogP contribution in [0.2, 0.25) is 0 Å². The number of nitrogens with zero attached hydrogens (tertiary/aromatic N) is 2. The van der Waals surface area contributed by atoms with Gasteiger partial charge in [-0.1, -0.05) is 6.07 Å². The van der Waals surface area contributed by atoms with E-state index in [1.807, 2.05) is 0 Å². The lowest BCUT2D eigenvalue weighted by Crippen LogP contribution is -2.16. The molecule has 0 spiro atoms. The molecule has 1 aromatic carbocycles. The largest absolute Gasteiger partial charge is 0.292 e. The van der Waals surface area contributed by atoms with E-state index in [2.05, 4.69) is 20.1 Å². The van der Waals surface area contributed by atoms with Crippen LogP contribution in [0.15, 0.2) is 35.5 Å². The van der Waals surface area contributed by atoms with Crippen molar-refractivity contribution in [2.45, 2.75) is 11.8 Å². The quantitative estimate of drug-likeness (QED) is 0.574. The van der Waals surface area contributed by atoms with Crippen LogP contribution in [-0.4, -0.2) is 18.4 Å². The first kappa shape index (κ1) is 14.2. The zero-order valence-electron chi connectivity index (χ0n) is 10.5. The van der Waals surface area contributed by atoms with Gasteiger partial charge in [0.1, 0.15) is 10.7 Å². The van der Waals surface area contributed by atoms with Crippen molar-refractivity contribution in [2.24, 2.45) is 5.84 Å². The minimum atomic E-state index is -3.96. The van der Waals surface area contributed by atoms with Crippen molar-refractivity contribution < 1.29 is 12.8 Å². The van der Waals surface area contributed by atoms with Crippen LogP contribution in [0.3, 0.4) is 0 Å². The molecule has 9 heteroatoms. The first-order valence-corrected chi connectivity index (χ1v) is 6.98. The Kier molecular flexibility index (Phi) is 3.81. The highest BCUT2D eigenvalue weighted by Crippen LogP contribution is 2.19. The van der Waals surface area contributed by atoms with Crippen molar-refractivity contribution in [3.05, 3.63) is 42.0 Å². The first-order valence-electron chi connectivity index (χ1n) is 5.50. The van der Waals surface area contributed by atoms with E-state index in [0.717, 1.165) is 18.0 Å². The number of nitrogens with two attached hydrogens (primary N) is 1. The summed E-state index contributed by atoms with van der Waals surface area (Å²) in [6, 6.07) is 4.12. The number of hydrazine groups is 1. The molecule has 2 rings (SSSR count). The summed E-state index contributed by atoms with van der Waals surface area (Å²) >= 11 is 0. The summed E-state index contributed by atoms with van der Waals surface area (Å²) in [5.74, 6) is 4.49. The Morgan fingerprint density at radius 3 is 2.50 bits per heavy atom. The Labute approximate surface area is 115 Å². The Morgan fingerprint density at radius 2 is 1.90 bits per heavy atom. The lowest BCUT2D eigenvalue weighted by molar-refractivity contribution is 0.597. The average molecular weight is 297 g/mol. The molecule has 0 saturated carbocycles. The fourth-order valence-electron chi connectivity index (χ4n) is 1.45. The van der Waals surface area contributed by atoms with E-state index in [-0.39, 0.29) is 16.5 Å². The molecule has 1 aromatic heterocycles. The maximum atomic E-state index is 13.5. The van der Waals surface area contributed by atoms with E-state index in [1.165, 1.54) is 18.2 Å². The predicted molar refractivity (Wildman–Crippen MR) is 71.8 cm³/mol. The highest BCUT2D eigenvalue weighted by atomic mass is 32.2. The van der Waals surface area contributed by atoms with Gasteiger partial charge in [-0.05, 0) is 24.6 Å². The number of hydrogen-bond acceptors (Lipinski definition) is 6. The van der Waals surface area contributed by atoms with Gasteiger partial charge in [-0.3, -0.25) is 10.1 Å². The molecule has 2 aromatic rings. The maximum Gasteiger partial charge on any atom is 0.265 e. The molecule has 0 aliphatic carbocycles. The highest BCUT2D eigenvalue weighted by molar-refractivity contribution is 7.92. The van der Waals surface area contributed by atoms with Crippen molar-refractivity contribution in [1.29, 1.82) is 0 Å². The molecule has 4 N–H and O–H groups in total. The Balaban J connectivity index is 2.32. The van der Waals surface area contributed by atoms with Gasteiger partial charge in [0.2, 0.25) is 5.95 Å². The van der Waals surface area contributed by atoms with Crippen LogP contribution in [0.4, 0.5) is 16.0 Å². The minimum Gasteiger partial charge on any atom is -0.292 e. The fraction of sp³-hybridized carbons (Fsp3) is 0.0909. The van der Waals surface area contributed by atoms with Crippen LogP contribution >= 0.6 is 0 Å². The third-order valence-corrected chi connectivity index (χ3v) is 3.75. The lowest BCUT2D eigenvalue weighted by Gasteiger charge is -2.09. The lowest BCUT2D eigenvalue weighted by atomic mass is 10.2. The second kappa shape index (κ2) is 5.39. The van der Waals surface area contributed by atoms with E-state index in [9.17, 15) is 12.8 Å². The number of halogens is 1. The molecule has 20 heavy (non-hydrogen) atoms. The number of aromatic nitrogens is 2. The van der Waals surface area contributed by atoms with E-state index >= 15 is 0 Å². The summed E-state index contributed by atoms with van der Waals surface area (Å²) in [6.45, 7) is 1.72. The average Bonchev–Trinajstić information content (AvgIpc) is 2.43. The number of nitrogen functional groups attached to an aromatic ring is 1. The molecule has 7 nitrogen and oxygen atoms in total. The van der Waals surface area contributed by atoms with Gasteiger partial charge in [-0.25, -0.2) is 28.6 Å². The molecule has 1 heterocycles. The SMILES string of the molecule is Cc1ccc(F)c(NS(=O)(=O)c2cnc(NN)nc2)c1. The van der Waals surface area contributed by atoms with Crippen molar-refractivity contribution in [1.82, 2.24) is 9.97 Å². The Bertz CT molecular complexity index is 718. The van der Waals surface area contributed by atoms with Crippen molar-refractivity contribution in [3.63, 3.8) is 0 Å². The maximum absolute atomic E-state index is 13.5. The third kappa shape index (κ3) is 3.00. The first-order chi connectivity index (χ1) is 9.42. The number of nitrogens with one attached hydrogen (secondary N) is 2. The summed E-state index contributed by atoms with van der Waals surface area (Å²) in [5, 5.41) is 0. The van der Waals surface area contributed by atoms with E-state index < -0.39 is 15.8 Å². The molecule has 0 unspecified atom stereocenters. The minimum absolute atomic E-state index is 0.0747. The monoisotopic (exact) mass is 297 g/mol. The van der Waals surface area contributed by atoms with Crippen LogP contribution in [0.1, 0.15) is 5.56 Å². The van der Waals surface area contributed by atoms with Gasteiger partial charge in [0.05, 0.1) is 18.1 Å². The fourth-order valence-corrected chi connectivity index (χ4v) is 2.40. The van der Waals surface area contributed by atoms with Crippen LogP contribution in [-0.2, 0) is 10.0 Å². The van der Waals surface area contributed by atoms with Gasteiger partial charge in [0, 0.05) is 0 Å². The molecular weight excluding hydrogens is 285 g/mol. The predicted octanol–water partition coefficient (Wildman–Crippen LogP) is 1.01. The standard InChI is InChI=1S/C11H12FN5O2S/c1-7-2-3-9(12)10(4-7)17-20(18,19)8-5-14-11(16-13)15-6-8/h2-6,17H,13H2,1H3,(H,14,15,16). The van der Waals surface area contributed by atoms with Gasteiger partial charge >= 0.3 is 0 Å². The number of anilines is 2. The number of aryl methyl sites for hydroxylation is 1. The summed E-state index contributed by atoms with van der Waals surface area (Å²) in [4.78, 5) is 7.17. The summed E-state index contributed by atoms with van der Waals surface area (Å²) < 4.78 is 39.8. The molecule has 0 radical (unpaired) electrons. The Morgan fingerprint density at radius 1 is 1.25 bits per heavy atom. The van der Waals surface area contributed by atoms with Crippen LogP contribution in [0.5, 0.6) is 0 Å². The molecule has 0 saturated heterocycles. The van der Waals surface area contributed by atoms with Crippen LogP contribution in [0.25, 0.3) is 0 Å². The zero-order chi connectivity index (χ0) is 14.8.